The number of aryl methyl sites for hydroxylation is 1. The minimum atomic E-state index is -0.255. The van der Waals surface area contributed by atoms with E-state index in [9.17, 15) is 4.39 Å². The van der Waals surface area contributed by atoms with Gasteiger partial charge in [-0.2, -0.15) is 0 Å². The first kappa shape index (κ1) is 15.5. The van der Waals surface area contributed by atoms with Gasteiger partial charge in [0.05, 0.1) is 0 Å². The van der Waals surface area contributed by atoms with Crippen LogP contribution in [0, 0.1) is 19.7 Å². The van der Waals surface area contributed by atoms with E-state index < -0.39 is 0 Å². The second-order valence-corrected chi connectivity index (χ2v) is 5.48. The summed E-state index contributed by atoms with van der Waals surface area (Å²) in [5, 5.41) is 1.10. The fourth-order valence-corrected chi connectivity index (χ4v) is 2.69. The van der Waals surface area contributed by atoms with E-state index in [2.05, 4.69) is 23.4 Å². The molecule has 3 aromatic rings. The molecule has 0 saturated carbocycles. The molecule has 23 heavy (non-hydrogen) atoms. The molecule has 1 aromatic carbocycles. The highest BCUT2D eigenvalue weighted by atomic mass is 19.1. The number of methoxy groups -OCH3 is 1. The first-order valence-corrected chi connectivity index (χ1v) is 7.42. The summed E-state index contributed by atoms with van der Waals surface area (Å²) < 4.78 is 26.2. The largest absolute Gasteiger partial charge is 0.471 e. The third-order valence-electron chi connectivity index (χ3n) is 4.06. The minimum absolute atomic E-state index is 0.255. The number of benzene rings is 1. The number of rotatable bonds is 5. The number of nitrogens with zero attached hydrogens (tertiary/aromatic N) is 2. The van der Waals surface area contributed by atoms with E-state index >= 15 is 0 Å². The molecule has 3 rings (SSSR count). The van der Waals surface area contributed by atoms with E-state index in [-0.39, 0.29) is 5.82 Å². The quantitative estimate of drug-likeness (QED) is 0.715. The number of halogens is 1. The zero-order valence-corrected chi connectivity index (χ0v) is 13.5. The van der Waals surface area contributed by atoms with Crippen LogP contribution in [0.15, 0.2) is 36.5 Å². The second kappa shape index (κ2) is 6.38. The first-order chi connectivity index (χ1) is 11.1. The van der Waals surface area contributed by atoms with Gasteiger partial charge in [-0.25, -0.2) is 9.37 Å². The summed E-state index contributed by atoms with van der Waals surface area (Å²) in [6, 6.07) is 8.25. The molecule has 5 heteroatoms. The molecular formula is C18H19FN2O2. The smallest absolute Gasteiger partial charge is 0.238 e. The summed E-state index contributed by atoms with van der Waals surface area (Å²) in [5.41, 5.74) is 4.13. The van der Waals surface area contributed by atoms with Crippen molar-refractivity contribution in [1.82, 2.24) is 9.55 Å². The molecule has 2 aromatic heterocycles. The van der Waals surface area contributed by atoms with Crippen LogP contribution in [0.3, 0.4) is 0 Å². The van der Waals surface area contributed by atoms with Gasteiger partial charge in [0, 0.05) is 24.4 Å². The average Bonchev–Trinajstić information content (AvgIpc) is 2.80. The van der Waals surface area contributed by atoms with Gasteiger partial charge in [-0.1, -0.05) is 12.1 Å². The van der Waals surface area contributed by atoms with Gasteiger partial charge in [-0.05, 0) is 43.2 Å². The summed E-state index contributed by atoms with van der Waals surface area (Å²) in [7, 11) is 1.66. The minimum Gasteiger partial charge on any atom is -0.471 e. The van der Waals surface area contributed by atoms with Crippen molar-refractivity contribution in [3.8, 4) is 5.88 Å². The third-order valence-corrected chi connectivity index (χ3v) is 4.06. The number of aromatic nitrogens is 2. The van der Waals surface area contributed by atoms with Crippen molar-refractivity contribution in [2.24, 2.45) is 0 Å². The molecule has 0 aliphatic carbocycles. The summed E-state index contributed by atoms with van der Waals surface area (Å²) in [5.74, 6) is 0.300. The fourth-order valence-electron chi connectivity index (χ4n) is 2.69. The van der Waals surface area contributed by atoms with Crippen LogP contribution in [-0.2, 0) is 18.1 Å². The van der Waals surface area contributed by atoms with Gasteiger partial charge in [0.25, 0.3) is 0 Å². The zero-order valence-electron chi connectivity index (χ0n) is 13.5. The first-order valence-electron chi connectivity index (χ1n) is 7.42. The SMILES string of the molecule is COCn1c(C)c(C)c2ccnc(OCc3ccc(F)cc3)c21. The molecule has 0 bridgehead atoms. The molecular weight excluding hydrogens is 295 g/mol. The van der Waals surface area contributed by atoms with E-state index in [1.165, 1.54) is 17.7 Å². The van der Waals surface area contributed by atoms with Crippen LogP contribution in [-0.4, -0.2) is 16.7 Å². The van der Waals surface area contributed by atoms with Gasteiger partial charge >= 0.3 is 0 Å². The number of hydrogen-bond donors (Lipinski definition) is 0. The van der Waals surface area contributed by atoms with Crippen molar-refractivity contribution in [2.45, 2.75) is 27.2 Å². The summed E-state index contributed by atoms with van der Waals surface area (Å²) >= 11 is 0. The maximum Gasteiger partial charge on any atom is 0.238 e. The predicted molar refractivity (Wildman–Crippen MR) is 86.9 cm³/mol. The Labute approximate surface area is 134 Å². The Bertz CT molecular complexity index is 825. The monoisotopic (exact) mass is 314 g/mol. The van der Waals surface area contributed by atoms with E-state index in [1.54, 1.807) is 25.4 Å². The number of ether oxygens (including phenoxy) is 2. The van der Waals surface area contributed by atoms with E-state index in [0.717, 1.165) is 22.2 Å². The topological polar surface area (TPSA) is 36.3 Å². The zero-order chi connectivity index (χ0) is 16.4. The third kappa shape index (κ3) is 2.92. The molecule has 0 aliphatic rings. The number of pyridine rings is 1. The van der Waals surface area contributed by atoms with Crippen molar-refractivity contribution in [3.05, 3.63) is 59.2 Å². The van der Waals surface area contributed by atoms with E-state index in [0.29, 0.717) is 19.2 Å². The van der Waals surface area contributed by atoms with Crippen molar-refractivity contribution in [3.63, 3.8) is 0 Å². The van der Waals surface area contributed by atoms with Crippen molar-refractivity contribution in [1.29, 1.82) is 0 Å². The van der Waals surface area contributed by atoms with Crippen LogP contribution in [0.5, 0.6) is 5.88 Å². The Morgan fingerprint density at radius 3 is 2.57 bits per heavy atom. The average molecular weight is 314 g/mol. The lowest BCUT2D eigenvalue weighted by atomic mass is 10.2. The lowest BCUT2D eigenvalue weighted by Crippen LogP contribution is -2.05. The molecule has 0 fully saturated rings. The molecule has 0 saturated heterocycles. The normalized spacial score (nSPS) is 11.1. The van der Waals surface area contributed by atoms with Crippen LogP contribution >= 0.6 is 0 Å². The number of fused-ring (bicyclic) bond motifs is 1. The Morgan fingerprint density at radius 2 is 1.87 bits per heavy atom. The van der Waals surface area contributed by atoms with E-state index in [1.807, 2.05) is 6.07 Å². The Balaban J connectivity index is 1.97. The molecule has 2 heterocycles. The molecule has 0 N–H and O–H groups in total. The standard InChI is InChI=1S/C18H19FN2O2/c1-12-13(2)21(11-22-3)17-16(12)8-9-20-18(17)23-10-14-4-6-15(19)7-5-14/h4-9H,10-11H2,1-3H3. The highest BCUT2D eigenvalue weighted by Crippen LogP contribution is 2.31. The van der Waals surface area contributed by atoms with Crippen LogP contribution in [0.1, 0.15) is 16.8 Å². The lowest BCUT2D eigenvalue weighted by molar-refractivity contribution is 0.132. The maximum absolute atomic E-state index is 13.0. The molecule has 0 aliphatic heterocycles. The van der Waals surface area contributed by atoms with Crippen molar-refractivity contribution < 1.29 is 13.9 Å². The highest BCUT2D eigenvalue weighted by molar-refractivity contribution is 5.88. The molecule has 0 radical (unpaired) electrons. The molecule has 0 unspecified atom stereocenters. The van der Waals surface area contributed by atoms with Gasteiger partial charge in [0.1, 0.15) is 24.7 Å². The van der Waals surface area contributed by atoms with Gasteiger partial charge in [-0.3, -0.25) is 0 Å². The molecule has 4 nitrogen and oxygen atoms in total. The van der Waals surface area contributed by atoms with Crippen LogP contribution < -0.4 is 4.74 Å². The summed E-state index contributed by atoms with van der Waals surface area (Å²) in [6.45, 7) is 4.91. The Morgan fingerprint density at radius 1 is 1.13 bits per heavy atom. The second-order valence-electron chi connectivity index (χ2n) is 5.48. The van der Waals surface area contributed by atoms with Crippen LogP contribution in [0.25, 0.3) is 10.9 Å². The van der Waals surface area contributed by atoms with Crippen molar-refractivity contribution in [2.75, 3.05) is 7.11 Å². The Hall–Kier alpha value is -2.40. The van der Waals surface area contributed by atoms with Gasteiger partial charge < -0.3 is 14.0 Å². The molecule has 0 spiro atoms. The van der Waals surface area contributed by atoms with Gasteiger partial charge in [0.2, 0.25) is 5.88 Å². The Kier molecular flexibility index (Phi) is 4.30. The highest BCUT2D eigenvalue weighted by Gasteiger charge is 2.16. The molecule has 0 atom stereocenters. The van der Waals surface area contributed by atoms with Crippen LogP contribution in [0.4, 0.5) is 4.39 Å². The van der Waals surface area contributed by atoms with E-state index in [4.69, 9.17) is 9.47 Å². The number of hydrogen-bond acceptors (Lipinski definition) is 3. The van der Waals surface area contributed by atoms with Crippen molar-refractivity contribution >= 4 is 10.9 Å². The summed E-state index contributed by atoms with van der Waals surface area (Å²) in [4.78, 5) is 4.36. The van der Waals surface area contributed by atoms with Crippen LogP contribution in [0.2, 0.25) is 0 Å². The maximum atomic E-state index is 13.0. The lowest BCUT2D eigenvalue weighted by Gasteiger charge is -2.11. The fraction of sp³-hybridized carbons (Fsp3) is 0.278. The summed E-state index contributed by atoms with van der Waals surface area (Å²) in [6.07, 6.45) is 1.74. The predicted octanol–water partition coefficient (Wildman–Crippen LogP) is 3.98. The molecule has 120 valence electrons. The molecule has 0 amide bonds. The van der Waals surface area contributed by atoms with Gasteiger partial charge in [0.15, 0.2) is 0 Å². The van der Waals surface area contributed by atoms with Gasteiger partial charge in [-0.15, -0.1) is 0 Å².